The summed E-state index contributed by atoms with van der Waals surface area (Å²) in [6.45, 7) is 7.85. The number of alkyl halides is 6. The number of likely N-dealkylation sites (tertiary alicyclic amines) is 1. The molecule has 0 bridgehead atoms. The maximum atomic E-state index is 10.6. The first-order valence-electron chi connectivity index (χ1n) is 11.2. The molecule has 2 aliphatic rings. The second kappa shape index (κ2) is 13.1. The molecule has 0 amide bonds. The quantitative estimate of drug-likeness (QED) is 0.546. The number of rotatable bonds is 4. The van der Waals surface area contributed by atoms with Crippen LogP contribution in [0.2, 0.25) is 0 Å². The summed E-state index contributed by atoms with van der Waals surface area (Å²) in [5.41, 5.74) is 1.49. The first-order valence-corrected chi connectivity index (χ1v) is 11.2. The summed E-state index contributed by atoms with van der Waals surface area (Å²) in [6, 6.07) is 2.06. The molecule has 0 radical (unpaired) electrons. The van der Waals surface area contributed by atoms with Gasteiger partial charge in [-0.15, -0.1) is 0 Å². The van der Waals surface area contributed by atoms with Gasteiger partial charge in [-0.1, -0.05) is 0 Å². The Kier molecular flexibility index (Phi) is 10.7. The monoisotopic (exact) mass is 558 g/mol. The van der Waals surface area contributed by atoms with Gasteiger partial charge in [-0.2, -0.15) is 26.3 Å². The summed E-state index contributed by atoms with van der Waals surface area (Å²) < 4.78 is 76.8. The van der Waals surface area contributed by atoms with Gasteiger partial charge in [-0.05, 0) is 19.0 Å². The van der Waals surface area contributed by atoms with E-state index in [1.54, 1.807) is 6.26 Å². The van der Waals surface area contributed by atoms with Crippen molar-refractivity contribution in [3.63, 3.8) is 0 Å². The molecule has 2 aromatic rings. The van der Waals surface area contributed by atoms with Gasteiger partial charge in [0.1, 0.15) is 5.82 Å². The molecule has 16 heteroatoms. The van der Waals surface area contributed by atoms with Crippen molar-refractivity contribution in [1.82, 2.24) is 19.4 Å². The predicted molar refractivity (Wildman–Crippen MR) is 118 cm³/mol. The number of hydrogen-bond acceptors (Lipinski definition) is 7. The zero-order valence-electron chi connectivity index (χ0n) is 20.3. The molecule has 38 heavy (non-hydrogen) atoms. The van der Waals surface area contributed by atoms with Gasteiger partial charge in [-0.3, -0.25) is 9.80 Å². The van der Waals surface area contributed by atoms with Crippen molar-refractivity contribution in [3.05, 3.63) is 42.4 Å². The number of aliphatic carboxylic acids is 2. The van der Waals surface area contributed by atoms with E-state index in [0.29, 0.717) is 0 Å². The van der Waals surface area contributed by atoms with Crippen LogP contribution in [-0.2, 0) is 34.5 Å². The van der Waals surface area contributed by atoms with Crippen LogP contribution in [0.15, 0.2) is 35.4 Å². The van der Waals surface area contributed by atoms with E-state index in [1.165, 1.54) is 12.0 Å². The second-order valence-corrected chi connectivity index (χ2v) is 8.92. The number of imidazole rings is 1. The van der Waals surface area contributed by atoms with Crippen LogP contribution in [0.1, 0.15) is 17.8 Å². The summed E-state index contributed by atoms with van der Waals surface area (Å²) in [5, 5.41) is 14.2. The Bertz CT molecular complexity index is 1000. The van der Waals surface area contributed by atoms with Crippen molar-refractivity contribution in [2.75, 3.05) is 39.4 Å². The summed E-state index contributed by atoms with van der Waals surface area (Å²) >= 11 is 0. The standard InChI is InChI=1S/C18H26N4O2.2C2HF3O2/c1-20-6-4-19-17(20)11-21-5-3-18(13-21)14-22(7-9-24-15-18)10-16-2-8-23-12-16;2*3-2(4,5)1(6)7/h2,4,6,8,12H,3,5,7,9-11,13-15H2,1H3;2*(H,6,7). The Morgan fingerprint density at radius 3 is 2.08 bits per heavy atom. The molecular formula is C22H28F6N4O6. The van der Waals surface area contributed by atoms with Crippen LogP contribution in [-0.4, -0.2) is 93.2 Å². The lowest BCUT2D eigenvalue weighted by atomic mass is 9.87. The molecule has 2 saturated heterocycles. The average Bonchev–Trinajstić information content (AvgIpc) is 3.51. The zero-order valence-corrected chi connectivity index (χ0v) is 20.3. The van der Waals surface area contributed by atoms with E-state index in [0.717, 1.165) is 58.3 Å². The van der Waals surface area contributed by atoms with Crippen LogP contribution in [0.3, 0.4) is 0 Å². The third kappa shape index (κ3) is 9.98. The first kappa shape index (κ1) is 31.1. The van der Waals surface area contributed by atoms with Gasteiger partial charge in [0.05, 0.1) is 32.3 Å². The van der Waals surface area contributed by atoms with Gasteiger partial charge in [0.15, 0.2) is 0 Å². The molecule has 1 spiro atoms. The number of aryl methyl sites for hydroxylation is 1. The third-order valence-corrected chi connectivity index (χ3v) is 5.79. The van der Waals surface area contributed by atoms with Crippen molar-refractivity contribution >= 4 is 11.9 Å². The Labute approximate surface area is 213 Å². The van der Waals surface area contributed by atoms with Crippen LogP contribution in [0.25, 0.3) is 0 Å². The molecular weight excluding hydrogens is 530 g/mol. The lowest BCUT2D eigenvalue weighted by molar-refractivity contribution is -0.193. The molecule has 2 aromatic heterocycles. The Morgan fingerprint density at radius 2 is 1.61 bits per heavy atom. The largest absolute Gasteiger partial charge is 0.490 e. The third-order valence-electron chi connectivity index (χ3n) is 5.79. The fourth-order valence-electron chi connectivity index (χ4n) is 4.02. The number of halogens is 6. The van der Waals surface area contributed by atoms with Crippen molar-refractivity contribution in [2.45, 2.75) is 31.9 Å². The minimum absolute atomic E-state index is 0.241. The predicted octanol–water partition coefficient (Wildman–Crippen LogP) is 3.00. The molecule has 4 heterocycles. The second-order valence-electron chi connectivity index (χ2n) is 8.92. The van der Waals surface area contributed by atoms with E-state index in [1.807, 2.05) is 18.7 Å². The van der Waals surface area contributed by atoms with Crippen LogP contribution < -0.4 is 0 Å². The van der Waals surface area contributed by atoms with Crippen LogP contribution in [0.4, 0.5) is 26.3 Å². The number of hydrogen-bond donors (Lipinski definition) is 2. The number of aromatic nitrogens is 2. The number of carbonyl (C=O) groups is 2. The highest BCUT2D eigenvalue weighted by Crippen LogP contribution is 2.34. The van der Waals surface area contributed by atoms with E-state index < -0.39 is 24.3 Å². The van der Waals surface area contributed by atoms with Gasteiger partial charge in [0.2, 0.25) is 0 Å². The molecule has 214 valence electrons. The van der Waals surface area contributed by atoms with Crippen molar-refractivity contribution < 1.29 is 55.3 Å². The lowest BCUT2D eigenvalue weighted by Gasteiger charge is -2.31. The average molecular weight is 558 g/mol. The highest BCUT2D eigenvalue weighted by Gasteiger charge is 2.41. The van der Waals surface area contributed by atoms with Crippen molar-refractivity contribution in [1.29, 1.82) is 0 Å². The minimum Gasteiger partial charge on any atom is -0.475 e. The van der Waals surface area contributed by atoms with Crippen LogP contribution >= 0.6 is 0 Å². The Morgan fingerprint density at radius 1 is 1.03 bits per heavy atom. The number of furan rings is 1. The van der Waals surface area contributed by atoms with Gasteiger partial charge in [-0.25, -0.2) is 14.6 Å². The number of carboxylic acid groups (broad SMARTS) is 2. The SMILES string of the molecule is Cn1ccnc1CN1CCC2(COCCN(Cc3ccoc3)C2)C1.O=C(O)C(F)(F)F.O=C(O)C(F)(F)F. The Hall–Kier alpha value is -3.11. The van der Waals surface area contributed by atoms with Gasteiger partial charge in [0, 0.05) is 56.6 Å². The normalized spacial score (nSPS) is 20.7. The van der Waals surface area contributed by atoms with E-state index in [-0.39, 0.29) is 5.41 Å². The van der Waals surface area contributed by atoms with Gasteiger partial charge in [0.25, 0.3) is 0 Å². The van der Waals surface area contributed by atoms with E-state index in [4.69, 9.17) is 29.0 Å². The van der Waals surface area contributed by atoms with Crippen molar-refractivity contribution in [2.24, 2.45) is 12.5 Å². The Balaban J connectivity index is 0.000000301. The molecule has 1 unspecified atom stereocenters. The zero-order chi connectivity index (χ0) is 28.6. The van der Waals surface area contributed by atoms with Gasteiger partial charge >= 0.3 is 24.3 Å². The van der Waals surface area contributed by atoms with Crippen LogP contribution in [0, 0.1) is 5.41 Å². The van der Waals surface area contributed by atoms with E-state index in [9.17, 15) is 26.3 Å². The first-order chi connectivity index (χ1) is 17.6. The van der Waals surface area contributed by atoms with E-state index >= 15 is 0 Å². The molecule has 10 nitrogen and oxygen atoms in total. The number of nitrogens with zero attached hydrogens (tertiary/aromatic N) is 4. The highest BCUT2D eigenvalue weighted by atomic mass is 19.4. The highest BCUT2D eigenvalue weighted by molar-refractivity contribution is 5.73. The van der Waals surface area contributed by atoms with Crippen molar-refractivity contribution in [3.8, 4) is 0 Å². The maximum Gasteiger partial charge on any atom is 0.490 e. The summed E-state index contributed by atoms with van der Waals surface area (Å²) in [5.74, 6) is -4.38. The fraction of sp³-hybridized carbons (Fsp3) is 0.591. The smallest absolute Gasteiger partial charge is 0.475 e. The summed E-state index contributed by atoms with van der Waals surface area (Å²) in [6.07, 6.45) is -1.48. The lowest BCUT2D eigenvalue weighted by Crippen LogP contribution is -2.40. The maximum absolute atomic E-state index is 10.6. The summed E-state index contributed by atoms with van der Waals surface area (Å²) in [4.78, 5) is 27.3. The fourth-order valence-corrected chi connectivity index (χ4v) is 4.02. The molecule has 4 rings (SSSR count). The molecule has 1 atom stereocenters. The number of carboxylic acids is 2. The molecule has 0 aliphatic carbocycles. The molecule has 0 aromatic carbocycles. The van der Waals surface area contributed by atoms with Gasteiger partial charge < -0.3 is 23.9 Å². The topological polar surface area (TPSA) is 121 Å². The molecule has 2 N–H and O–H groups in total. The summed E-state index contributed by atoms with van der Waals surface area (Å²) in [7, 11) is 2.07. The molecule has 2 aliphatic heterocycles. The molecule has 2 fully saturated rings. The van der Waals surface area contributed by atoms with E-state index in [2.05, 4.69) is 32.5 Å². The minimum atomic E-state index is -5.08. The molecule has 0 saturated carbocycles. The number of ether oxygens (including phenoxy) is 1. The van der Waals surface area contributed by atoms with Crippen LogP contribution in [0.5, 0.6) is 0 Å².